The third kappa shape index (κ3) is 12.6. The lowest BCUT2D eigenvalue weighted by atomic mass is 9.95. The van der Waals surface area contributed by atoms with Crippen LogP contribution >= 0.6 is 11.3 Å². The molecule has 3 aromatic rings. The van der Waals surface area contributed by atoms with Gasteiger partial charge in [0.25, 0.3) is 0 Å². The fourth-order valence-corrected chi connectivity index (χ4v) is 6.48. The maximum Gasteiger partial charge on any atom is 0.221 e. The van der Waals surface area contributed by atoms with Gasteiger partial charge in [-0.05, 0) is 79.5 Å². The summed E-state index contributed by atoms with van der Waals surface area (Å²) in [6.07, 6.45) is 13.0. The third-order valence-corrected chi connectivity index (χ3v) is 9.69. The van der Waals surface area contributed by atoms with Gasteiger partial charge in [0, 0.05) is 25.7 Å². The summed E-state index contributed by atoms with van der Waals surface area (Å²) in [5.74, 6) is 1.04. The molecule has 0 spiro atoms. The SMILES string of the molecule is CCCCc1ccc(N=Nc2cc(C#N)c(/N=N/c3ccc(N(CC(CC)CCCC)CC(CC)CCCC)cc3NC(C)=O)s2)cc1. The highest BCUT2D eigenvalue weighted by Gasteiger charge is 2.19. The lowest BCUT2D eigenvalue weighted by Gasteiger charge is -2.33. The maximum absolute atomic E-state index is 12.3. The van der Waals surface area contributed by atoms with E-state index in [0.717, 1.165) is 56.6 Å². The van der Waals surface area contributed by atoms with E-state index in [-0.39, 0.29) is 5.91 Å². The van der Waals surface area contributed by atoms with E-state index in [9.17, 15) is 10.1 Å². The molecule has 258 valence electrons. The molecule has 8 nitrogen and oxygen atoms in total. The molecule has 0 radical (unpaired) electrons. The number of nitrogens with one attached hydrogen (secondary N) is 1. The summed E-state index contributed by atoms with van der Waals surface area (Å²) in [6.45, 7) is 14.8. The van der Waals surface area contributed by atoms with Crippen molar-refractivity contribution in [3.05, 3.63) is 59.7 Å². The monoisotopic (exact) mass is 669 g/mol. The van der Waals surface area contributed by atoms with Crippen molar-refractivity contribution < 1.29 is 4.79 Å². The number of amides is 1. The van der Waals surface area contributed by atoms with Gasteiger partial charge in [0.1, 0.15) is 16.8 Å². The molecule has 9 heteroatoms. The van der Waals surface area contributed by atoms with Gasteiger partial charge < -0.3 is 10.2 Å². The number of nitrogens with zero attached hydrogens (tertiary/aromatic N) is 6. The average molecular weight is 670 g/mol. The van der Waals surface area contributed by atoms with E-state index in [1.807, 2.05) is 24.3 Å². The first kappa shape index (κ1) is 38.5. The fourth-order valence-electron chi connectivity index (χ4n) is 5.73. The standard InChI is InChI=1S/C39H55N7OS/c1-7-12-15-30(10-4)27-46(28-31(11-5)16-13-8-2)35-22-23-36(37(25-35)41-29(6)47)43-45-39-33(26-40)24-38(48-39)44-42-34-20-18-32(19-21-34)17-14-9-3/h18-25,30-31H,7-17,27-28H2,1-6H3,(H,41,47)/b44-42?,45-43+. The molecule has 0 aliphatic carbocycles. The lowest BCUT2D eigenvalue weighted by molar-refractivity contribution is -0.114. The van der Waals surface area contributed by atoms with Gasteiger partial charge in [-0.15, -0.1) is 20.5 Å². The Hall–Kier alpha value is -3.90. The zero-order valence-electron chi connectivity index (χ0n) is 30.0. The van der Waals surface area contributed by atoms with Crippen LogP contribution in [0.25, 0.3) is 0 Å². The van der Waals surface area contributed by atoms with Crippen molar-refractivity contribution in [2.75, 3.05) is 23.3 Å². The molecule has 0 bridgehead atoms. The first-order valence-electron chi connectivity index (χ1n) is 18.0. The smallest absolute Gasteiger partial charge is 0.221 e. The number of azo groups is 2. The molecule has 0 saturated carbocycles. The zero-order chi connectivity index (χ0) is 34.7. The van der Waals surface area contributed by atoms with E-state index in [4.69, 9.17) is 0 Å². The molecule has 1 N–H and O–H groups in total. The minimum absolute atomic E-state index is 0.172. The maximum atomic E-state index is 12.3. The Morgan fingerprint density at radius 2 is 1.48 bits per heavy atom. The van der Waals surface area contributed by atoms with E-state index in [2.05, 4.69) is 89.6 Å². The predicted octanol–water partition coefficient (Wildman–Crippen LogP) is 13.0. The molecular formula is C39H55N7OS. The molecule has 0 saturated heterocycles. The van der Waals surface area contributed by atoms with Gasteiger partial charge in [-0.25, -0.2) is 0 Å². The Morgan fingerprint density at radius 1 is 0.833 bits per heavy atom. The summed E-state index contributed by atoms with van der Waals surface area (Å²) in [5.41, 5.74) is 4.65. The second-order valence-corrected chi connectivity index (χ2v) is 13.7. The van der Waals surface area contributed by atoms with Crippen molar-refractivity contribution in [1.29, 1.82) is 5.26 Å². The Balaban J connectivity index is 1.88. The van der Waals surface area contributed by atoms with E-state index in [0.29, 0.717) is 38.8 Å². The third-order valence-electron chi connectivity index (χ3n) is 8.79. The van der Waals surface area contributed by atoms with Gasteiger partial charge in [-0.1, -0.05) is 103 Å². The molecule has 0 aliphatic rings. The van der Waals surface area contributed by atoms with Crippen LogP contribution in [0, 0.1) is 23.2 Å². The molecule has 0 aliphatic heterocycles. The summed E-state index contributed by atoms with van der Waals surface area (Å²) in [4.78, 5) is 14.8. The van der Waals surface area contributed by atoms with Gasteiger partial charge in [0.2, 0.25) is 5.91 Å². The van der Waals surface area contributed by atoms with Crippen LogP contribution in [0.5, 0.6) is 0 Å². The van der Waals surface area contributed by atoms with Crippen LogP contribution in [0.3, 0.4) is 0 Å². The highest BCUT2D eigenvalue weighted by atomic mass is 32.1. The van der Waals surface area contributed by atoms with Crippen molar-refractivity contribution in [1.82, 2.24) is 0 Å². The Morgan fingerprint density at radius 3 is 2.04 bits per heavy atom. The molecule has 2 aromatic carbocycles. The number of carbonyl (C=O) groups is 1. The van der Waals surface area contributed by atoms with Gasteiger partial charge >= 0.3 is 0 Å². The van der Waals surface area contributed by atoms with Crippen molar-refractivity contribution in [2.24, 2.45) is 32.3 Å². The second kappa shape index (κ2) is 21.1. The number of aryl methyl sites for hydroxylation is 1. The molecule has 2 unspecified atom stereocenters. The van der Waals surface area contributed by atoms with Crippen LogP contribution in [0.15, 0.2) is 69.0 Å². The first-order valence-corrected chi connectivity index (χ1v) is 18.8. The van der Waals surface area contributed by atoms with Crippen LogP contribution in [0.1, 0.15) is 117 Å². The summed E-state index contributed by atoms with van der Waals surface area (Å²) in [6, 6.07) is 18.0. The second-order valence-electron chi connectivity index (χ2n) is 12.7. The van der Waals surface area contributed by atoms with Crippen molar-refractivity contribution >= 4 is 50.0 Å². The number of thiophene rings is 1. The van der Waals surface area contributed by atoms with E-state index >= 15 is 0 Å². The average Bonchev–Trinajstić information content (AvgIpc) is 3.50. The number of nitriles is 1. The number of unbranched alkanes of at least 4 members (excludes halogenated alkanes) is 3. The summed E-state index contributed by atoms with van der Waals surface area (Å²) < 4.78 is 0. The number of anilines is 2. The fraction of sp³-hybridized carbons (Fsp3) is 0.538. The number of benzene rings is 2. The van der Waals surface area contributed by atoms with E-state index in [1.165, 1.54) is 62.3 Å². The zero-order valence-corrected chi connectivity index (χ0v) is 30.8. The quantitative estimate of drug-likeness (QED) is 0.114. The largest absolute Gasteiger partial charge is 0.371 e. The van der Waals surface area contributed by atoms with Crippen LogP contribution in [-0.2, 0) is 11.2 Å². The molecule has 1 heterocycles. The van der Waals surface area contributed by atoms with Gasteiger partial charge in [-0.3, -0.25) is 4.79 Å². The minimum atomic E-state index is -0.172. The van der Waals surface area contributed by atoms with Crippen molar-refractivity contribution in [3.63, 3.8) is 0 Å². The van der Waals surface area contributed by atoms with Crippen molar-refractivity contribution in [3.8, 4) is 6.07 Å². The lowest BCUT2D eigenvalue weighted by Crippen LogP contribution is -2.34. The van der Waals surface area contributed by atoms with Crippen LogP contribution in [0.4, 0.5) is 32.8 Å². The van der Waals surface area contributed by atoms with Crippen LogP contribution in [0.2, 0.25) is 0 Å². The topological polar surface area (TPSA) is 106 Å². The number of hydrogen-bond acceptors (Lipinski definition) is 8. The Labute approximate surface area is 292 Å². The highest BCUT2D eigenvalue weighted by Crippen LogP contribution is 2.39. The minimum Gasteiger partial charge on any atom is -0.371 e. The van der Waals surface area contributed by atoms with Crippen molar-refractivity contribution in [2.45, 2.75) is 112 Å². The first-order chi connectivity index (χ1) is 23.3. The normalized spacial score (nSPS) is 12.8. The summed E-state index contributed by atoms with van der Waals surface area (Å²) in [5, 5.41) is 31.5. The number of rotatable bonds is 21. The number of carbonyl (C=O) groups excluding carboxylic acids is 1. The molecule has 1 amide bonds. The van der Waals surface area contributed by atoms with Crippen LogP contribution in [-0.4, -0.2) is 19.0 Å². The summed E-state index contributed by atoms with van der Waals surface area (Å²) in [7, 11) is 0. The van der Waals surface area contributed by atoms with Gasteiger partial charge in [0.15, 0.2) is 5.00 Å². The molecule has 1 aromatic heterocycles. The number of hydrogen-bond donors (Lipinski definition) is 1. The Bertz CT molecular complexity index is 1490. The molecule has 3 rings (SSSR count). The molecule has 0 fully saturated rings. The highest BCUT2D eigenvalue weighted by molar-refractivity contribution is 7.19. The summed E-state index contributed by atoms with van der Waals surface area (Å²) >= 11 is 1.26. The molecule has 2 atom stereocenters. The van der Waals surface area contributed by atoms with Gasteiger partial charge in [-0.2, -0.15) is 5.26 Å². The molecular weight excluding hydrogens is 615 g/mol. The van der Waals surface area contributed by atoms with Gasteiger partial charge in [0.05, 0.1) is 16.9 Å². The van der Waals surface area contributed by atoms with E-state index in [1.54, 1.807) is 6.07 Å². The van der Waals surface area contributed by atoms with Crippen LogP contribution < -0.4 is 10.2 Å². The van der Waals surface area contributed by atoms with E-state index < -0.39 is 0 Å². The molecule has 48 heavy (non-hydrogen) atoms. The Kier molecular flexibility index (Phi) is 17.0. The predicted molar refractivity (Wildman–Crippen MR) is 202 cm³/mol.